The average Bonchev–Trinajstić information content (AvgIpc) is 3.14. The van der Waals surface area contributed by atoms with Gasteiger partial charge in [0.05, 0.1) is 7.11 Å². The van der Waals surface area contributed by atoms with Crippen LogP contribution in [0.25, 0.3) is 0 Å². The number of carbonyl (C=O) groups excluding carboxylic acids is 1. The molecule has 1 atom stereocenters. The smallest absolute Gasteiger partial charge is 0.404 e. The van der Waals surface area contributed by atoms with Gasteiger partial charge in [-0.3, -0.25) is 9.69 Å². The Kier molecular flexibility index (Phi) is 6.47. The fraction of sp³-hybridized carbons (Fsp3) is 0.409. The van der Waals surface area contributed by atoms with Gasteiger partial charge in [0.2, 0.25) is 5.91 Å². The topological polar surface area (TPSA) is 41.6 Å². The number of likely N-dealkylation sites (tertiary alicyclic amines) is 1. The van der Waals surface area contributed by atoms with Crippen LogP contribution in [0.2, 0.25) is 0 Å². The summed E-state index contributed by atoms with van der Waals surface area (Å²) in [6.07, 6.45) is -4.36. The van der Waals surface area contributed by atoms with Gasteiger partial charge in [0, 0.05) is 19.6 Å². The summed E-state index contributed by atoms with van der Waals surface area (Å²) in [4.78, 5) is 14.3. The Hall–Kier alpha value is -2.54. The molecule has 2 aromatic carbocycles. The van der Waals surface area contributed by atoms with E-state index in [4.69, 9.17) is 4.74 Å². The zero-order chi connectivity index (χ0) is 20.9. The molecule has 2 aromatic rings. The van der Waals surface area contributed by atoms with Gasteiger partial charge in [-0.15, -0.1) is 0 Å². The molecule has 1 fully saturated rings. The number of rotatable bonds is 7. The van der Waals surface area contributed by atoms with Crippen molar-refractivity contribution in [3.05, 3.63) is 65.7 Å². The van der Waals surface area contributed by atoms with E-state index in [2.05, 4.69) is 5.32 Å². The molecule has 1 unspecified atom stereocenters. The predicted molar refractivity (Wildman–Crippen MR) is 105 cm³/mol. The lowest BCUT2D eigenvalue weighted by atomic mass is 9.85. The summed E-state index contributed by atoms with van der Waals surface area (Å²) in [6.45, 7) is 0.472. The maximum absolute atomic E-state index is 13.9. The number of alkyl halides is 3. The zero-order valence-corrected chi connectivity index (χ0v) is 16.3. The van der Waals surface area contributed by atoms with Gasteiger partial charge in [-0.1, -0.05) is 42.5 Å². The number of hydrogen-bond donors (Lipinski definition) is 1. The third kappa shape index (κ3) is 4.90. The molecule has 1 heterocycles. The van der Waals surface area contributed by atoms with Gasteiger partial charge in [0.1, 0.15) is 5.75 Å². The third-order valence-electron chi connectivity index (χ3n) is 5.43. The minimum atomic E-state index is -4.59. The van der Waals surface area contributed by atoms with Crippen molar-refractivity contribution in [3.63, 3.8) is 0 Å². The SMILES string of the molecule is COc1ccc(CCNC(=O)C2(C(F)(F)F)CCN(Cc3ccccc3)C2)cc1. The van der Waals surface area contributed by atoms with Crippen molar-refractivity contribution in [3.8, 4) is 5.75 Å². The van der Waals surface area contributed by atoms with E-state index in [9.17, 15) is 18.0 Å². The molecular formula is C22H25F3N2O2. The van der Waals surface area contributed by atoms with Crippen molar-refractivity contribution < 1.29 is 22.7 Å². The lowest BCUT2D eigenvalue weighted by Gasteiger charge is -2.30. The van der Waals surface area contributed by atoms with E-state index in [-0.39, 0.29) is 26.1 Å². The maximum atomic E-state index is 13.9. The first-order valence-electron chi connectivity index (χ1n) is 9.58. The molecule has 1 saturated heterocycles. The molecule has 1 aliphatic rings. The van der Waals surface area contributed by atoms with Crippen LogP contribution >= 0.6 is 0 Å². The normalized spacial score (nSPS) is 19.9. The van der Waals surface area contributed by atoms with Crippen molar-refractivity contribution in [1.82, 2.24) is 10.2 Å². The average molecular weight is 406 g/mol. The molecule has 0 aromatic heterocycles. The Balaban J connectivity index is 1.61. The van der Waals surface area contributed by atoms with Crippen LogP contribution in [0.15, 0.2) is 54.6 Å². The fourth-order valence-electron chi connectivity index (χ4n) is 3.69. The van der Waals surface area contributed by atoms with E-state index in [0.717, 1.165) is 11.1 Å². The second-order valence-corrected chi connectivity index (χ2v) is 7.38. The first-order chi connectivity index (χ1) is 13.8. The molecule has 1 N–H and O–H groups in total. The van der Waals surface area contributed by atoms with Gasteiger partial charge < -0.3 is 10.1 Å². The van der Waals surface area contributed by atoms with Crippen molar-refractivity contribution in [1.29, 1.82) is 0 Å². The molecule has 3 rings (SSSR count). The summed E-state index contributed by atoms with van der Waals surface area (Å²) in [7, 11) is 1.56. The van der Waals surface area contributed by atoms with Gasteiger partial charge >= 0.3 is 6.18 Å². The molecule has 0 bridgehead atoms. The van der Waals surface area contributed by atoms with Gasteiger partial charge in [-0.2, -0.15) is 13.2 Å². The number of nitrogens with zero attached hydrogens (tertiary/aromatic N) is 1. The quantitative estimate of drug-likeness (QED) is 0.760. The van der Waals surface area contributed by atoms with E-state index in [0.29, 0.717) is 18.7 Å². The Bertz CT molecular complexity index is 809. The first kappa shape index (κ1) is 21.2. The number of nitrogens with one attached hydrogen (secondary N) is 1. The van der Waals surface area contributed by atoms with Crippen LogP contribution in [0.3, 0.4) is 0 Å². The standard InChI is InChI=1S/C22H25F3N2O2/c1-29-19-9-7-17(8-10-19)11-13-26-20(28)21(22(23,24)25)12-14-27(16-21)15-18-5-3-2-4-6-18/h2-10H,11-16H2,1H3,(H,26,28). The molecule has 0 saturated carbocycles. The number of hydrogen-bond acceptors (Lipinski definition) is 3. The highest BCUT2D eigenvalue weighted by atomic mass is 19.4. The van der Waals surface area contributed by atoms with Gasteiger partial charge in [-0.25, -0.2) is 0 Å². The number of ether oxygens (including phenoxy) is 1. The van der Waals surface area contributed by atoms with Crippen molar-refractivity contribution >= 4 is 5.91 Å². The molecule has 4 nitrogen and oxygen atoms in total. The second-order valence-electron chi connectivity index (χ2n) is 7.38. The van der Waals surface area contributed by atoms with E-state index < -0.39 is 17.5 Å². The molecule has 7 heteroatoms. The van der Waals surface area contributed by atoms with Crippen molar-refractivity contribution in [2.45, 2.75) is 25.6 Å². The number of benzene rings is 2. The molecule has 0 spiro atoms. The van der Waals surface area contributed by atoms with Crippen LogP contribution in [0, 0.1) is 5.41 Å². The Labute approximate surface area is 168 Å². The summed E-state index contributed by atoms with van der Waals surface area (Å²) in [5.41, 5.74) is -0.503. The summed E-state index contributed by atoms with van der Waals surface area (Å²) >= 11 is 0. The minimum Gasteiger partial charge on any atom is -0.497 e. The summed E-state index contributed by atoms with van der Waals surface area (Å²) in [5, 5.41) is 2.52. The van der Waals surface area contributed by atoms with Gasteiger partial charge in [0.25, 0.3) is 0 Å². The summed E-state index contributed by atoms with van der Waals surface area (Å²) in [6, 6.07) is 16.6. The van der Waals surface area contributed by atoms with Gasteiger partial charge in [0.15, 0.2) is 5.41 Å². The molecule has 1 aliphatic heterocycles. The Morgan fingerprint density at radius 1 is 1.10 bits per heavy atom. The Morgan fingerprint density at radius 2 is 1.79 bits per heavy atom. The highest BCUT2D eigenvalue weighted by molar-refractivity contribution is 5.84. The largest absolute Gasteiger partial charge is 0.497 e. The van der Waals surface area contributed by atoms with E-state index in [1.807, 2.05) is 42.5 Å². The molecule has 0 aliphatic carbocycles. The highest BCUT2D eigenvalue weighted by Gasteiger charge is 2.62. The van der Waals surface area contributed by atoms with E-state index in [1.54, 1.807) is 24.1 Å². The Morgan fingerprint density at radius 3 is 2.41 bits per heavy atom. The molecular weight excluding hydrogens is 381 g/mol. The van der Waals surface area contributed by atoms with Crippen LogP contribution in [-0.2, 0) is 17.8 Å². The highest BCUT2D eigenvalue weighted by Crippen LogP contribution is 2.46. The minimum absolute atomic E-state index is 0.154. The third-order valence-corrected chi connectivity index (χ3v) is 5.43. The van der Waals surface area contributed by atoms with Crippen LogP contribution < -0.4 is 10.1 Å². The van der Waals surface area contributed by atoms with Crippen molar-refractivity contribution in [2.75, 3.05) is 26.7 Å². The predicted octanol–water partition coefficient (Wildman–Crippen LogP) is 3.81. The van der Waals surface area contributed by atoms with E-state index in [1.165, 1.54) is 0 Å². The molecule has 156 valence electrons. The summed E-state index contributed by atoms with van der Waals surface area (Å²) in [5.74, 6) is -0.229. The monoisotopic (exact) mass is 406 g/mol. The summed E-state index contributed by atoms with van der Waals surface area (Å²) < 4.78 is 46.8. The number of amides is 1. The number of methoxy groups -OCH3 is 1. The zero-order valence-electron chi connectivity index (χ0n) is 16.3. The van der Waals surface area contributed by atoms with Crippen LogP contribution in [0.1, 0.15) is 17.5 Å². The first-order valence-corrected chi connectivity index (χ1v) is 9.58. The lowest BCUT2D eigenvalue weighted by molar-refractivity contribution is -0.218. The molecule has 0 radical (unpaired) electrons. The van der Waals surface area contributed by atoms with Crippen molar-refractivity contribution in [2.24, 2.45) is 5.41 Å². The fourth-order valence-corrected chi connectivity index (χ4v) is 3.69. The van der Waals surface area contributed by atoms with E-state index >= 15 is 0 Å². The maximum Gasteiger partial charge on any atom is 0.404 e. The molecule has 29 heavy (non-hydrogen) atoms. The van der Waals surface area contributed by atoms with Crippen LogP contribution in [-0.4, -0.2) is 43.7 Å². The van der Waals surface area contributed by atoms with Gasteiger partial charge in [-0.05, 0) is 42.6 Å². The van der Waals surface area contributed by atoms with Crippen LogP contribution in [0.4, 0.5) is 13.2 Å². The second kappa shape index (κ2) is 8.86. The number of halogens is 3. The van der Waals surface area contributed by atoms with Crippen LogP contribution in [0.5, 0.6) is 5.75 Å². The molecule has 1 amide bonds. The number of carbonyl (C=O) groups is 1. The lowest BCUT2D eigenvalue weighted by Crippen LogP contribution is -2.52.